The maximum atomic E-state index is 12.6. The van der Waals surface area contributed by atoms with E-state index in [2.05, 4.69) is 31.0 Å². The van der Waals surface area contributed by atoms with Gasteiger partial charge in [-0.15, -0.1) is 12.4 Å². The van der Waals surface area contributed by atoms with Gasteiger partial charge >= 0.3 is 0 Å². The summed E-state index contributed by atoms with van der Waals surface area (Å²) in [7, 11) is 0. The smallest absolute Gasteiger partial charge is 0.226 e. The van der Waals surface area contributed by atoms with E-state index in [4.69, 9.17) is 0 Å². The summed E-state index contributed by atoms with van der Waals surface area (Å²) >= 11 is 0. The van der Waals surface area contributed by atoms with E-state index in [9.17, 15) is 4.79 Å². The van der Waals surface area contributed by atoms with Crippen molar-refractivity contribution in [3.05, 3.63) is 0 Å². The second kappa shape index (κ2) is 6.76. The summed E-state index contributed by atoms with van der Waals surface area (Å²) in [5.74, 6) is 1.14. The van der Waals surface area contributed by atoms with Gasteiger partial charge in [-0.1, -0.05) is 19.8 Å². The summed E-state index contributed by atoms with van der Waals surface area (Å²) in [6, 6.07) is 0.860. The van der Waals surface area contributed by atoms with Crippen LogP contribution in [-0.4, -0.2) is 36.0 Å². The minimum atomic E-state index is 0. The van der Waals surface area contributed by atoms with Gasteiger partial charge in [0.2, 0.25) is 5.91 Å². The highest BCUT2D eigenvalue weighted by Gasteiger charge is 2.36. The lowest BCUT2D eigenvalue weighted by Gasteiger charge is -2.39. The van der Waals surface area contributed by atoms with Gasteiger partial charge in [-0.2, -0.15) is 0 Å². The number of halogens is 1. The van der Waals surface area contributed by atoms with Gasteiger partial charge in [-0.25, -0.2) is 0 Å². The van der Waals surface area contributed by atoms with Crippen LogP contribution in [0.4, 0.5) is 0 Å². The Morgan fingerprint density at radius 1 is 1.17 bits per heavy atom. The summed E-state index contributed by atoms with van der Waals surface area (Å²) in [4.78, 5) is 14.8. The third-order valence-electron chi connectivity index (χ3n) is 4.44. The standard InChI is InChI=1S/C14H26N2O.ClH/c1-10(2)16(13-6-4-5-7-13)14(17)11(3)12-8-15-9-12;/h10-13,15H,4-9H2,1-3H3;1H. The van der Waals surface area contributed by atoms with Crippen molar-refractivity contribution in [3.63, 3.8) is 0 Å². The molecule has 0 bridgehead atoms. The molecule has 0 spiro atoms. The Hall–Kier alpha value is -0.280. The van der Waals surface area contributed by atoms with Gasteiger partial charge in [0, 0.05) is 18.0 Å². The molecule has 1 saturated heterocycles. The van der Waals surface area contributed by atoms with Crippen LogP contribution >= 0.6 is 12.4 Å². The number of carbonyl (C=O) groups is 1. The SMILES string of the molecule is CC(C(=O)N(C(C)C)C1CCCC1)C1CNC1.Cl. The molecule has 0 aromatic carbocycles. The van der Waals surface area contributed by atoms with Crippen molar-refractivity contribution in [2.75, 3.05) is 13.1 Å². The second-order valence-corrected chi connectivity index (χ2v) is 5.98. The second-order valence-electron chi connectivity index (χ2n) is 5.98. The molecule has 2 rings (SSSR count). The molecule has 0 radical (unpaired) electrons. The van der Waals surface area contributed by atoms with E-state index in [1.807, 2.05) is 0 Å². The van der Waals surface area contributed by atoms with E-state index in [1.54, 1.807) is 0 Å². The van der Waals surface area contributed by atoms with Crippen molar-refractivity contribution in [2.24, 2.45) is 11.8 Å². The molecule has 1 aliphatic carbocycles. The molecule has 1 heterocycles. The summed E-state index contributed by atoms with van der Waals surface area (Å²) < 4.78 is 0. The number of rotatable bonds is 4. The maximum Gasteiger partial charge on any atom is 0.226 e. The summed E-state index contributed by atoms with van der Waals surface area (Å²) in [6.07, 6.45) is 5.00. The van der Waals surface area contributed by atoms with E-state index in [1.165, 1.54) is 25.7 Å². The van der Waals surface area contributed by atoms with Crippen LogP contribution in [0.15, 0.2) is 0 Å². The first-order valence-electron chi connectivity index (χ1n) is 7.14. The number of nitrogens with zero attached hydrogens (tertiary/aromatic N) is 1. The van der Waals surface area contributed by atoms with Crippen molar-refractivity contribution >= 4 is 18.3 Å². The first-order chi connectivity index (χ1) is 8.11. The topological polar surface area (TPSA) is 32.3 Å². The molecule has 2 aliphatic rings. The van der Waals surface area contributed by atoms with Gasteiger partial charge < -0.3 is 10.2 Å². The minimum absolute atomic E-state index is 0. The molecular weight excluding hydrogens is 248 g/mol. The Morgan fingerprint density at radius 2 is 1.72 bits per heavy atom. The van der Waals surface area contributed by atoms with E-state index in [0.29, 0.717) is 23.9 Å². The van der Waals surface area contributed by atoms with Gasteiger partial charge in [-0.05, 0) is 45.7 Å². The first-order valence-corrected chi connectivity index (χ1v) is 7.14. The Balaban J connectivity index is 0.00000162. The Labute approximate surface area is 117 Å². The normalized spacial score (nSPS) is 22.4. The first kappa shape index (κ1) is 15.8. The molecule has 0 aromatic heterocycles. The zero-order valence-electron chi connectivity index (χ0n) is 11.8. The fourth-order valence-electron chi connectivity index (χ4n) is 3.14. The summed E-state index contributed by atoms with van der Waals surface area (Å²) in [5.41, 5.74) is 0. The van der Waals surface area contributed by atoms with Crippen LogP contribution in [0.5, 0.6) is 0 Å². The number of carbonyl (C=O) groups excluding carboxylic acids is 1. The van der Waals surface area contributed by atoms with Crippen LogP contribution in [0, 0.1) is 11.8 Å². The van der Waals surface area contributed by atoms with E-state index in [0.717, 1.165) is 13.1 Å². The van der Waals surface area contributed by atoms with Crippen LogP contribution in [-0.2, 0) is 4.79 Å². The molecule has 1 aliphatic heterocycles. The molecule has 18 heavy (non-hydrogen) atoms. The van der Waals surface area contributed by atoms with Gasteiger partial charge in [0.15, 0.2) is 0 Å². The van der Waals surface area contributed by atoms with Crippen LogP contribution < -0.4 is 5.32 Å². The molecule has 4 heteroatoms. The quantitative estimate of drug-likeness (QED) is 0.854. The minimum Gasteiger partial charge on any atom is -0.337 e. The van der Waals surface area contributed by atoms with Crippen LogP contribution in [0.2, 0.25) is 0 Å². The summed E-state index contributed by atoms with van der Waals surface area (Å²) in [6.45, 7) is 8.45. The highest BCUT2D eigenvalue weighted by molar-refractivity contribution is 5.85. The molecule has 106 valence electrons. The van der Waals surface area contributed by atoms with Crippen LogP contribution in [0.25, 0.3) is 0 Å². The zero-order chi connectivity index (χ0) is 12.4. The van der Waals surface area contributed by atoms with E-state index < -0.39 is 0 Å². The van der Waals surface area contributed by atoms with Gasteiger partial charge in [0.25, 0.3) is 0 Å². The lowest BCUT2D eigenvalue weighted by Crippen LogP contribution is -2.53. The monoisotopic (exact) mass is 274 g/mol. The fourth-order valence-corrected chi connectivity index (χ4v) is 3.14. The largest absolute Gasteiger partial charge is 0.337 e. The molecule has 1 N–H and O–H groups in total. The van der Waals surface area contributed by atoms with Crippen molar-refractivity contribution in [1.82, 2.24) is 10.2 Å². The molecule has 1 saturated carbocycles. The molecule has 0 aromatic rings. The lowest BCUT2D eigenvalue weighted by molar-refractivity contribution is -0.141. The average molecular weight is 275 g/mol. The maximum absolute atomic E-state index is 12.6. The predicted molar refractivity (Wildman–Crippen MR) is 77.0 cm³/mol. The Kier molecular flexibility index (Phi) is 5.93. The van der Waals surface area contributed by atoms with Gasteiger partial charge in [-0.3, -0.25) is 4.79 Å². The molecule has 1 unspecified atom stereocenters. The number of amides is 1. The highest BCUT2D eigenvalue weighted by Crippen LogP contribution is 2.28. The average Bonchev–Trinajstić information content (AvgIpc) is 2.67. The Morgan fingerprint density at radius 3 is 2.11 bits per heavy atom. The fraction of sp³-hybridized carbons (Fsp3) is 0.929. The Bertz CT molecular complexity index is 273. The van der Waals surface area contributed by atoms with Gasteiger partial charge in [0.1, 0.15) is 0 Å². The third-order valence-corrected chi connectivity index (χ3v) is 4.44. The van der Waals surface area contributed by atoms with Crippen molar-refractivity contribution in [1.29, 1.82) is 0 Å². The zero-order valence-corrected chi connectivity index (χ0v) is 12.6. The summed E-state index contributed by atoms with van der Waals surface area (Å²) in [5, 5.41) is 3.26. The number of nitrogens with one attached hydrogen (secondary N) is 1. The van der Waals surface area contributed by atoms with Crippen LogP contribution in [0.3, 0.4) is 0 Å². The van der Waals surface area contributed by atoms with E-state index in [-0.39, 0.29) is 18.3 Å². The molecule has 1 amide bonds. The number of hydrogen-bond donors (Lipinski definition) is 1. The number of hydrogen-bond acceptors (Lipinski definition) is 2. The molecule has 2 fully saturated rings. The van der Waals surface area contributed by atoms with Crippen molar-refractivity contribution < 1.29 is 4.79 Å². The third kappa shape index (κ3) is 3.18. The molecular formula is C14H27ClN2O. The van der Waals surface area contributed by atoms with Crippen molar-refractivity contribution in [2.45, 2.75) is 58.5 Å². The molecule has 1 atom stereocenters. The highest BCUT2D eigenvalue weighted by atomic mass is 35.5. The molecule has 3 nitrogen and oxygen atoms in total. The van der Waals surface area contributed by atoms with Crippen molar-refractivity contribution in [3.8, 4) is 0 Å². The predicted octanol–water partition coefficient (Wildman–Crippen LogP) is 2.44. The van der Waals surface area contributed by atoms with Gasteiger partial charge in [0.05, 0.1) is 0 Å². The lowest BCUT2D eigenvalue weighted by atomic mass is 9.87. The van der Waals surface area contributed by atoms with E-state index >= 15 is 0 Å². The van der Waals surface area contributed by atoms with Crippen LogP contribution in [0.1, 0.15) is 46.5 Å².